The quantitative estimate of drug-likeness (QED) is 0.459. The maximum absolute atomic E-state index is 13.0. The van der Waals surface area contributed by atoms with E-state index < -0.39 is 9.84 Å². The van der Waals surface area contributed by atoms with Crippen molar-refractivity contribution in [2.45, 2.75) is 36.1 Å². The van der Waals surface area contributed by atoms with Gasteiger partial charge in [0, 0.05) is 31.7 Å². The highest BCUT2D eigenvalue weighted by Gasteiger charge is 2.18. The molecule has 0 bridgehead atoms. The van der Waals surface area contributed by atoms with Gasteiger partial charge in [-0.2, -0.15) is 0 Å². The molecular formula is C23H26N4O2S. The van der Waals surface area contributed by atoms with E-state index in [1.54, 1.807) is 49.8 Å². The maximum atomic E-state index is 13.0. The molecule has 0 saturated heterocycles. The van der Waals surface area contributed by atoms with Gasteiger partial charge in [0.1, 0.15) is 0 Å². The lowest BCUT2D eigenvalue weighted by Gasteiger charge is -2.12. The van der Waals surface area contributed by atoms with Gasteiger partial charge < -0.3 is 10.6 Å². The molecule has 0 spiro atoms. The van der Waals surface area contributed by atoms with Crippen LogP contribution >= 0.6 is 0 Å². The van der Waals surface area contributed by atoms with Crippen molar-refractivity contribution in [2.75, 3.05) is 12.4 Å². The molecule has 2 N–H and O–H groups in total. The monoisotopic (exact) mass is 422 g/mol. The first-order chi connectivity index (χ1) is 14.4. The van der Waals surface area contributed by atoms with Gasteiger partial charge in [-0.15, -0.1) is 0 Å². The van der Waals surface area contributed by atoms with Crippen LogP contribution in [-0.4, -0.2) is 26.4 Å². The van der Waals surface area contributed by atoms with Crippen LogP contribution in [0.1, 0.15) is 30.9 Å². The summed E-state index contributed by atoms with van der Waals surface area (Å²) in [6.07, 6.45) is 3.40. The fraction of sp³-hybridized carbons (Fsp3) is 0.217. The van der Waals surface area contributed by atoms with Gasteiger partial charge in [-0.05, 0) is 53.4 Å². The predicted molar refractivity (Wildman–Crippen MR) is 120 cm³/mol. The van der Waals surface area contributed by atoms with Crippen LogP contribution < -0.4 is 10.6 Å². The van der Waals surface area contributed by atoms with Crippen molar-refractivity contribution in [1.82, 2.24) is 10.3 Å². The fourth-order valence-corrected chi connectivity index (χ4v) is 4.22. The van der Waals surface area contributed by atoms with Crippen LogP contribution in [0.4, 0.5) is 5.69 Å². The molecule has 156 valence electrons. The molecule has 0 amide bonds. The smallest absolute Gasteiger partial charge is 0.206 e. The highest BCUT2D eigenvalue weighted by atomic mass is 32.2. The summed E-state index contributed by atoms with van der Waals surface area (Å²) >= 11 is 0. The number of nitrogens with one attached hydrogen (secondary N) is 2. The molecule has 7 heteroatoms. The van der Waals surface area contributed by atoms with E-state index in [1.165, 1.54) is 0 Å². The number of aromatic nitrogens is 1. The Kier molecular flexibility index (Phi) is 6.84. The fourth-order valence-electron chi connectivity index (χ4n) is 2.90. The van der Waals surface area contributed by atoms with E-state index in [4.69, 9.17) is 0 Å². The molecule has 0 radical (unpaired) electrons. The van der Waals surface area contributed by atoms with Crippen molar-refractivity contribution in [3.63, 3.8) is 0 Å². The zero-order valence-corrected chi connectivity index (χ0v) is 18.1. The number of anilines is 1. The number of hydrogen-bond acceptors (Lipinski definition) is 4. The summed E-state index contributed by atoms with van der Waals surface area (Å²) in [6, 6.07) is 17.8. The Morgan fingerprint density at radius 2 is 1.70 bits per heavy atom. The highest BCUT2D eigenvalue weighted by Crippen LogP contribution is 2.24. The molecule has 1 heterocycles. The number of sulfone groups is 1. The third-order valence-corrected chi connectivity index (χ3v) is 6.46. The molecule has 0 unspecified atom stereocenters. The Bertz CT molecular complexity index is 1110. The minimum atomic E-state index is -3.55. The standard InChI is InChI=1S/C23H26N4O2S/c1-17(2)19-5-4-6-22(15-19)30(28,29)21-9-7-18(8-10-21)16-26-23(24-3)27-20-11-13-25-14-12-20/h4-15,17H,16H2,1-3H3,(H2,24,25,26,27). The molecular weight excluding hydrogens is 396 g/mol. The van der Waals surface area contributed by atoms with Crippen LogP contribution in [0.25, 0.3) is 0 Å². The summed E-state index contributed by atoms with van der Waals surface area (Å²) in [5, 5.41) is 6.39. The van der Waals surface area contributed by atoms with Crippen molar-refractivity contribution in [3.05, 3.63) is 84.2 Å². The first-order valence-electron chi connectivity index (χ1n) is 9.72. The molecule has 3 rings (SSSR count). The molecule has 0 aliphatic rings. The van der Waals surface area contributed by atoms with Crippen LogP contribution in [0.15, 0.2) is 87.8 Å². The first-order valence-corrected chi connectivity index (χ1v) is 11.2. The van der Waals surface area contributed by atoms with Crippen molar-refractivity contribution >= 4 is 21.5 Å². The normalized spacial score (nSPS) is 12.1. The number of nitrogens with zero attached hydrogens (tertiary/aromatic N) is 2. The number of aliphatic imine (C=N–C) groups is 1. The van der Waals surface area contributed by atoms with Gasteiger partial charge in [-0.1, -0.05) is 38.1 Å². The molecule has 0 saturated carbocycles. The topological polar surface area (TPSA) is 83.5 Å². The summed E-state index contributed by atoms with van der Waals surface area (Å²) in [6.45, 7) is 4.60. The third kappa shape index (κ3) is 5.24. The zero-order valence-electron chi connectivity index (χ0n) is 17.3. The second kappa shape index (κ2) is 9.54. The second-order valence-corrected chi connectivity index (χ2v) is 9.11. The van der Waals surface area contributed by atoms with Gasteiger partial charge >= 0.3 is 0 Å². The Morgan fingerprint density at radius 1 is 1.00 bits per heavy atom. The predicted octanol–water partition coefficient (Wildman–Crippen LogP) is 4.23. The van der Waals surface area contributed by atoms with Gasteiger partial charge in [-0.25, -0.2) is 8.42 Å². The van der Waals surface area contributed by atoms with Crippen LogP contribution in [0.2, 0.25) is 0 Å². The molecule has 0 fully saturated rings. The minimum Gasteiger partial charge on any atom is -0.352 e. The van der Waals surface area contributed by atoms with Crippen molar-refractivity contribution in [2.24, 2.45) is 4.99 Å². The summed E-state index contributed by atoms with van der Waals surface area (Å²) in [5.41, 5.74) is 2.83. The van der Waals surface area contributed by atoms with Crippen molar-refractivity contribution in [1.29, 1.82) is 0 Å². The number of rotatable bonds is 6. The first kappa shape index (κ1) is 21.5. The van der Waals surface area contributed by atoms with E-state index in [0.29, 0.717) is 17.4 Å². The van der Waals surface area contributed by atoms with Crippen molar-refractivity contribution in [3.8, 4) is 0 Å². The summed E-state index contributed by atoms with van der Waals surface area (Å²) < 4.78 is 26.0. The van der Waals surface area contributed by atoms with E-state index in [2.05, 4.69) is 20.6 Å². The summed E-state index contributed by atoms with van der Waals surface area (Å²) in [7, 11) is -1.86. The lowest BCUT2D eigenvalue weighted by atomic mass is 10.0. The minimum absolute atomic E-state index is 0.267. The van der Waals surface area contributed by atoms with Crippen LogP contribution in [0.5, 0.6) is 0 Å². The molecule has 2 aromatic carbocycles. The second-order valence-electron chi connectivity index (χ2n) is 7.16. The number of pyridine rings is 1. The SMILES string of the molecule is CN=C(NCc1ccc(S(=O)(=O)c2cccc(C(C)C)c2)cc1)Nc1ccncc1. The Hall–Kier alpha value is -3.19. The lowest BCUT2D eigenvalue weighted by Crippen LogP contribution is -2.30. The van der Waals surface area contributed by atoms with Gasteiger partial charge in [0.2, 0.25) is 9.84 Å². The summed E-state index contributed by atoms with van der Waals surface area (Å²) in [5.74, 6) is 0.882. The van der Waals surface area contributed by atoms with Crippen LogP contribution in [0.3, 0.4) is 0 Å². The maximum Gasteiger partial charge on any atom is 0.206 e. The van der Waals surface area contributed by atoms with Gasteiger partial charge in [0.25, 0.3) is 0 Å². The molecule has 6 nitrogen and oxygen atoms in total. The Morgan fingerprint density at radius 3 is 2.33 bits per heavy atom. The average molecular weight is 423 g/mol. The number of hydrogen-bond donors (Lipinski definition) is 2. The van der Waals surface area contributed by atoms with E-state index in [1.807, 2.05) is 44.2 Å². The lowest BCUT2D eigenvalue weighted by molar-refractivity contribution is 0.596. The highest BCUT2D eigenvalue weighted by molar-refractivity contribution is 7.91. The molecule has 0 aliphatic carbocycles. The van der Waals surface area contributed by atoms with E-state index in [-0.39, 0.29) is 10.8 Å². The van der Waals surface area contributed by atoms with E-state index in [0.717, 1.165) is 16.8 Å². The largest absolute Gasteiger partial charge is 0.352 e. The van der Waals surface area contributed by atoms with Crippen molar-refractivity contribution < 1.29 is 8.42 Å². The number of benzene rings is 2. The average Bonchev–Trinajstić information content (AvgIpc) is 2.77. The van der Waals surface area contributed by atoms with Gasteiger partial charge in [0.15, 0.2) is 5.96 Å². The molecule has 0 aliphatic heterocycles. The van der Waals surface area contributed by atoms with Gasteiger partial charge in [-0.3, -0.25) is 9.98 Å². The van der Waals surface area contributed by atoms with Crippen LogP contribution in [0, 0.1) is 0 Å². The third-order valence-electron chi connectivity index (χ3n) is 4.70. The molecule has 30 heavy (non-hydrogen) atoms. The molecule has 0 atom stereocenters. The Balaban J connectivity index is 1.69. The van der Waals surface area contributed by atoms with E-state index in [9.17, 15) is 8.42 Å². The zero-order chi connectivity index (χ0) is 21.6. The molecule has 3 aromatic rings. The van der Waals surface area contributed by atoms with Gasteiger partial charge in [0.05, 0.1) is 9.79 Å². The van der Waals surface area contributed by atoms with E-state index >= 15 is 0 Å². The van der Waals surface area contributed by atoms with Crippen LogP contribution in [-0.2, 0) is 16.4 Å². The molecule has 1 aromatic heterocycles. The summed E-state index contributed by atoms with van der Waals surface area (Å²) in [4.78, 5) is 8.79. The Labute approximate surface area is 178 Å². The number of guanidine groups is 1.